The molecule has 1 heterocycles. The molecule has 0 N–H and O–H groups in total. The third-order valence-corrected chi connectivity index (χ3v) is 2.66. The second-order valence-corrected chi connectivity index (χ2v) is 3.99. The SMILES string of the molecule is CCc1ccc(C(=O)Oc2cc(F)c(F)nc2F)cc1. The summed E-state index contributed by atoms with van der Waals surface area (Å²) in [5, 5.41) is 0. The first-order valence-corrected chi connectivity index (χ1v) is 5.84. The largest absolute Gasteiger partial charge is 0.418 e. The van der Waals surface area contributed by atoms with Crippen LogP contribution in [0, 0.1) is 17.7 Å². The smallest absolute Gasteiger partial charge is 0.343 e. The zero-order valence-electron chi connectivity index (χ0n) is 10.5. The number of carbonyl (C=O) groups is 1. The van der Waals surface area contributed by atoms with Crippen LogP contribution in [-0.2, 0) is 6.42 Å². The van der Waals surface area contributed by atoms with E-state index in [-0.39, 0.29) is 5.56 Å². The van der Waals surface area contributed by atoms with Gasteiger partial charge in [0, 0.05) is 6.07 Å². The topological polar surface area (TPSA) is 39.2 Å². The van der Waals surface area contributed by atoms with E-state index in [9.17, 15) is 18.0 Å². The standard InChI is InChI=1S/C14H10F3NO2/c1-2-8-3-5-9(6-4-8)14(19)20-11-7-10(15)12(16)18-13(11)17/h3-7H,2H2,1H3. The molecule has 1 aromatic carbocycles. The molecule has 2 rings (SSSR count). The molecule has 0 aliphatic heterocycles. The van der Waals surface area contributed by atoms with Gasteiger partial charge in [-0.1, -0.05) is 19.1 Å². The van der Waals surface area contributed by atoms with Crippen LogP contribution in [0.25, 0.3) is 0 Å². The lowest BCUT2D eigenvalue weighted by Crippen LogP contribution is -2.11. The van der Waals surface area contributed by atoms with Crippen LogP contribution < -0.4 is 4.74 Å². The van der Waals surface area contributed by atoms with Crippen LogP contribution in [0.15, 0.2) is 30.3 Å². The molecule has 0 saturated carbocycles. The molecule has 3 nitrogen and oxygen atoms in total. The molecular formula is C14H10F3NO2. The molecule has 0 bridgehead atoms. The molecule has 0 radical (unpaired) electrons. The zero-order chi connectivity index (χ0) is 14.7. The van der Waals surface area contributed by atoms with Crippen molar-refractivity contribution in [1.82, 2.24) is 4.98 Å². The fraction of sp³-hybridized carbons (Fsp3) is 0.143. The Morgan fingerprint density at radius 2 is 1.80 bits per heavy atom. The third-order valence-electron chi connectivity index (χ3n) is 2.66. The molecule has 0 saturated heterocycles. The molecule has 0 atom stereocenters. The van der Waals surface area contributed by atoms with E-state index in [1.54, 1.807) is 12.1 Å². The Balaban J connectivity index is 2.20. The van der Waals surface area contributed by atoms with Crippen LogP contribution >= 0.6 is 0 Å². The van der Waals surface area contributed by atoms with E-state index in [0.29, 0.717) is 6.07 Å². The highest BCUT2D eigenvalue weighted by Gasteiger charge is 2.16. The van der Waals surface area contributed by atoms with Gasteiger partial charge in [0.2, 0.25) is 0 Å². The number of hydrogen-bond donors (Lipinski definition) is 0. The molecule has 0 aliphatic carbocycles. The van der Waals surface area contributed by atoms with Gasteiger partial charge >= 0.3 is 5.97 Å². The van der Waals surface area contributed by atoms with Gasteiger partial charge in [0.05, 0.1) is 5.56 Å². The lowest BCUT2D eigenvalue weighted by molar-refractivity contribution is 0.0724. The number of nitrogens with zero attached hydrogens (tertiary/aromatic N) is 1. The van der Waals surface area contributed by atoms with E-state index >= 15 is 0 Å². The molecule has 20 heavy (non-hydrogen) atoms. The van der Waals surface area contributed by atoms with Gasteiger partial charge in [0.15, 0.2) is 11.6 Å². The van der Waals surface area contributed by atoms with E-state index < -0.39 is 29.4 Å². The fourth-order valence-corrected chi connectivity index (χ4v) is 1.54. The predicted octanol–water partition coefficient (Wildman–Crippen LogP) is 3.28. The number of aryl methyl sites for hydroxylation is 1. The second-order valence-electron chi connectivity index (χ2n) is 3.99. The van der Waals surface area contributed by atoms with Crippen molar-refractivity contribution in [3.63, 3.8) is 0 Å². The van der Waals surface area contributed by atoms with E-state index in [0.717, 1.165) is 12.0 Å². The monoisotopic (exact) mass is 281 g/mol. The molecular weight excluding hydrogens is 271 g/mol. The normalized spacial score (nSPS) is 10.4. The van der Waals surface area contributed by atoms with Crippen LogP contribution in [0.1, 0.15) is 22.8 Å². The van der Waals surface area contributed by atoms with Gasteiger partial charge in [-0.05, 0) is 24.1 Å². The van der Waals surface area contributed by atoms with Crippen LogP contribution in [0.3, 0.4) is 0 Å². The van der Waals surface area contributed by atoms with Gasteiger partial charge in [-0.3, -0.25) is 0 Å². The Morgan fingerprint density at radius 1 is 1.15 bits per heavy atom. The number of hydrogen-bond acceptors (Lipinski definition) is 3. The average molecular weight is 281 g/mol. The lowest BCUT2D eigenvalue weighted by Gasteiger charge is -2.06. The first-order chi connectivity index (χ1) is 9.51. The Bertz CT molecular complexity index is 642. The summed E-state index contributed by atoms with van der Waals surface area (Å²) in [5.41, 5.74) is 1.19. The second kappa shape index (κ2) is 5.73. The molecule has 0 fully saturated rings. The minimum atomic E-state index is -1.59. The average Bonchev–Trinajstić information content (AvgIpc) is 2.44. The number of esters is 1. The van der Waals surface area contributed by atoms with Crippen LogP contribution in [0.5, 0.6) is 5.75 Å². The quantitative estimate of drug-likeness (QED) is 0.640. The fourth-order valence-electron chi connectivity index (χ4n) is 1.54. The highest BCUT2D eigenvalue weighted by atomic mass is 19.2. The van der Waals surface area contributed by atoms with Crippen LogP contribution in [-0.4, -0.2) is 11.0 Å². The highest BCUT2D eigenvalue weighted by molar-refractivity contribution is 5.91. The van der Waals surface area contributed by atoms with Crippen molar-refractivity contribution in [2.45, 2.75) is 13.3 Å². The van der Waals surface area contributed by atoms with Crippen molar-refractivity contribution in [1.29, 1.82) is 0 Å². The summed E-state index contributed by atoms with van der Waals surface area (Å²) >= 11 is 0. The summed E-state index contributed by atoms with van der Waals surface area (Å²) in [6.45, 7) is 1.95. The van der Waals surface area contributed by atoms with E-state index in [4.69, 9.17) is 0 Å². The first kappa shape index (κ1) is 14.0. The van der Waals surface area contributed by atoms with Gasteiger partial charge < -0.3 is 4.74 Å². The van der Waals surface area contributed by atoms with Gasteiger partial charge in [-0.25, -0.2) is 9.18 Å². The number of ether oxygens (including phenoxy) is 1. The molecule has 104 valence electrons. The van der Waals surface area contributed by atoms with Gasteiger partial charge in [-0.2, -0.15) is 13.8 Å². The maximum Gasteiger partial charge on any atom is 0.343 e. The Kier molecular flexibility index (Phi) is 4.02. The van der Waals surface area contributed by atoms with Crippen molar-refractivity contribution in [2.75, 3.05) is 0 Å². The summed E-state index contributed by atoms with van der Waals surface area (Å²) in [4.78, 5) is 14.4. The van der Waals surface area contributed by atoms with Gasteiger partial charge in [0.25, 0.3) is 11.9 Å². The number of carbonyl (C=O) groups excluding carboxylic acids is 1. The number of benzene rings is 1. The summed E-state index contributed by atoms with van der Waals surface area (Å²) in [7, 11) is 0. The molecule has 0 spiro atoms. The molecule has 6 heteroatoms. The Morgan fingerprint density at radius 3 is 2.40 bits per heavy atom. The summed E-state index contributed by atoms with van der Waals surface area (Å²) in [5.74, 6) is -6.00. The summed E-state index contributed by atoms with van der Waals surface area (Å²) < 4.78 is 43.4. The third kappa shape index (κ3) is 2.96. The number of pyridine rings is 1. The minimum Gasteiger partial charge on any atom is -0.418 e. The van der Waals surface area contributed by atoms with Crippen LogP contribution in [0.2, 0.25) is 0 Å². The van der Waals surface area contributed by atoms with Crippen molar-refractivity contribution >= 4 is 5.97 Å². The van der Waals surface area contributed by atoms with Crippen LogP contribution in [0.4, 0.5) is 13.2 Å². The van der Waals surface area contributed by atoms with E-state index in [2.05, 4.69) is 9.72 Å². The van der Waals surface area contributed by atoms with E-state index in [1.807, 2.05) is 6.92 Å². The Hall–Kier alpha value is -2.37. The predicted molar refractivity (Wildman–Crippen MR) is 64.9 cm³/mol. The Labute approximate surface area is 113 Å². The number of rotatable bonds is 3. The number of halogens is 3. The molecule has 0 aliphatic rings. The molecule has 0 unspecified atom stereocenters. The molecule has 2 aromatic rings. The maximum absolute atomic E-state index is 13.2. The van der Waals surface area contributed by atoms with Crippen molar-refractivity contribution in [3.05, 3.63) is 59.2 Å². The maximum atomic E-state index is 13.2. The first-order valence-electron chi connectivity index (χ1n) is 5.84. The lowest BCUT2D eigenvalue weighted by atomic mass is 10.1. The van der Waals surface area contributed by atoms with Gasteiger partial charge in [-0.15, -0.1) is 0 Å². The van der Waals surface area contributed by atoms with Crippen molar-refractivity contribution in [3.8, 4) is 5.75 Å². The van der Waals surface area contributed by atoms with Crippen molar-refractivity contribution < 1.29 is 22.7 Å². The number of aromatic nitrogens is 1. The van der Waals surface area contributed by atoms with E-state index in [1.165, 1.54) is 12.1 Å². The molecule has 0 amide bonds. The minimum absolute atomic E-state index is 0.173. The zero-order valence-corrected chi connectivity index (χ0v) is 10.5. The summed E-state index contributed by atoms with van der Waals surface area (Å²) in [6, 6.07) is 6.89. The van der Waals surface area contributed by atoms with Gasteiger partial charge in [0.1, 0.15) is 0 Å². The van der Waals surface area contributed by atoms with Crippen molar-refractivity contribution in [2.24, 2.45) is 0 Å². The highest BCUT2D eigenvalue weighted by Crippen LogP contribution is 2.19. The molecule has 1 aromatic heterocycles. The summed E-state index contributed by atoms with van der Waals surface area (Å²) in [6.07, 6.45) is 0.803.